The molecule has 15 heavy (non-hydrogen) atoms. The van der Waals surface area contributed by atoms with Crippen LogP contribution in [0.4, 0.5) is 0 Å². The third-order valence-electron chi connectivity index (χ3n) is 1.97. The molecule has 2 aromatic rings. The van der Waals surface area contributed by atoms with E-state index in [2.05, 4.69) is 24.3 Å². The monoisotopic (exact) mass is 279 g/mol. The van der Waals surface area contributed by atoms with Gasteiger partial charge in [0.15, 0.2) is 0 Å². The first-order chi connectivity index (χ1) is 6.88. The molecule has 0 atom stereocenters. The molecular formula is C12H10ClCoP. The average Bonchev–Trinajstić information content (AvgIpc) is 2.30. The minimum Gasteiger partial charge on any atom is -0.0859 e. The maximum atomic E-state index is 6.40. The van der Waals surface area contributed by atoms with Crippen LogP contribution in [0.5, 0.6) is 0 Å². The van der Waals surface area contributed by atoms with Gasteiger partial charge < -0.3 is 0 Å². The summed E-state index contributed by atoms with van der Waals surface area (Å²) in [5.41, 5.74) is 0. The van der Waals surface area contributed by atoms with Gasteiger partial charge in [0.25, 0.3) is 0 Å². The summed E-state index contributed by atoms with van der Waals surface area (Å²) in [6.45, 7) is 0. The van der Waals surface area contributed by atoms with Gasteiger partial charge in [0.1, 0.15) is 0 Å². The Labute approximate surface area is 106 Å². The molecule has 0 saturated carbocycles. The van der Waals surface area contributed by atoms with Gasteiger partial charge in [0.2, 0.25) is 0 Å². The molecule has 0 bridgehead atoms. The normalized spacial score (nSPS) is 9.73. The van der Waals surface area contributed by atoms with Crippen LogP contribution in [0.15, 0.2) is 60.7 Å². The van der Waals surface area contributed by atoms with Crippen LogP contribution in [0.25, 0.3) is 0 Å². The Hall–Kier alpha value is -0.334. The number of rotatable bonds is 2. The number of benzene rings is 2. The summed E-state index contributed by atoms with van der Waals surface area (Å²) in [4.78, 5) is 0. The fourth-order valence-corrected chi connectivity index (χ4v) is 3.11. The van der Waals surface area contributed by atoms with Crippen LogP contribution < -0.4 is 10.6 Å². The van der Waals surface area contributed by atoms with Gasteiger partial charge >= 0.3 is 0 Å². The second-order valence-electron chi connectivity index (χ2n) is 2.95. The van der Waals surface area contributed by atoms with Crippen molar-refractivity contribution in [3.63, 3.8) is 0 Å². The maximum Gasteiger partial charge on any atom is 0.0524 e. The maximum absolute atomic E-state index is 6.40. The van der Waals surface area contributed by atoms with E-state index in [0.717, 1.165) is 0 Å². The van der Waals surface area contributed by atoms with Gasteiger partial charge in [0.05, 0.1) is 7.27 Å². The fourth-order valence-electron chi connectivity index (χ4n) is 1.27. The summed E-state index contributed by atoms with van der Waals surface area (Å²) >= 11 is 6.40. The topological polar surface area (TPSA) is 0 Å². The van der Waals surface area contributed by atoms with E-state index in [9.17, 15) is 0 Å². The molecule has 0 aliphatic heterocycles. The smallest absolute Gasteiger partial charge is 0.0524 e. The van der Waals surface area contributed by atoms with Gasteiger partial charge in [-0.05, 0) is 10.6 Å². The van der Waals surface area contributed by atoms with Gasteiger partial charge in [-0.15, -0.1) is 0 Å². The molecule has 2 aromatic carbocycles. The first-order valence-electron chi connectivity index (χ1n) is 4.44. The van der Waals surface area contributed by atoms with Crippen molar-refractivity contribution in [2.75, 3.05) is 0 Å². The number of halogens is 1. The van der Waals surface area contributed by atoms with Crippen molar-refractivity contribution in [2.45, 2.75) is 0 Å². The van der Waals surface area contributed by atoms with E-state index in [0.29, 0.717) is 0 Å². The molecule has 1 radical (unpaired) electrons. The summed E-state index contributed by atoms with van der Waals surface area (Å²) in [6, 6.07) is 20.4. The molecule has 0 aromatic heterocycles. The first kappa shape index (κ1) is 12.7. The minimum absolute atomic E-state index is 0. The molecule has 2 rings (SSSR count). The Morgan fingerprint density at radius 3 is 1.33 bits per heavy atom. The molecule has 0 fully saturated rings. The van der Waals surface area contributed by atoms with E-state index in [1.165, 1.54) is 10.6 Å². The Kier molecular flexibility index (Phi) is 5.34. The predicted molar refractivity (Wildman–Crippen MR) is 64.9 cm³/mol. The van der Waals surface area contributed by atoms with E-state index in [4.69, 9.17) is 11.2 Å². The zero-order valence-electron chi connectivity index (χ0n) is 7.93. The average molecular weight is 280 g/mol. The molecule has 0 nitrogen and oxygen atoms in total. The second kappa shape index (κ2) is 6.29. The van der Waals surface area contributed by atoms with Gasteiger partial charge in [-0.2, -0.15) is 0 Å². The van der Waals surface area contributed by atoms with Gasteiger partial charge in [-0.3, -0.25) is 0 Å². The van der Waals surface area contributed by atoms with Crippen molar-refractivity contribution < 1.29 is 16.8 Å². The third-order valence-corrected chi connectivity index (χ3v) is 4.64. The van der Waals surface area contributed by atoms with E-state index < -0.39 is 7.27 Å². The summed E-state index contributed by atoms with van der Waals surface area (Å²) in [5, 5.41) is 2.41. The standard InChI is InChI=1S/C12H10ClP.Co/c13-14(11-7-3-1-4-8-11)12-9-5-2-6-10-12;/h1-10H;. The number of hydrogen-bond acceptors (Lipinski definition) is 0. The minimum atomic E-state index is -0.699. The predicted octanol–water partition coefficient (Wildman–Crippen LogP) is 3.27. The molecule has 3 heteroatoms. The number of hydrogen-bond donors (Lipinski definition) is 0. The molecule has 0 aliphatic rings. The molecule has 0 amide bonds. The van der Waals surface area contributed by atoms with Crippen molar-refractivity contribution in [3.05, 3.63) is 60.7 Å². The fraction of sp³-hybridized carbons (Fsp3) is 0. The Balaban J connectivity index is 0.00000112. The summed E-state index contributed by atoms with van der Waals surface area (Å²) in [7, 11) is -0.699. The van der Waals surface area contributed by atoms with Crippen molar-refractivity contribution in [1.82, 2.24) is 0 Å². The Morgan fingerprint density at radius 1 is 0.667 bits per heavy atom. The van der Waals surface area contributed by atoms with E-state index in [1.807, 2.05) is 36.4 Å². The molecule has 0 spiro atoms. The van der Waals surface area contributed by atoms with Crippen LogP contribution in [-0.4, -0.2) is 0 Å². The summed E-state index contributed by atoms with van der Waals surface area (Å²) in [6.07, 6.45) is 0. The molecule has 0 N–H and O–H groups in total. The van der Waals surface area contributed by atoms with Crippen molar-refractivity contribution in [3.8, 4) is 0 Å². The van der Waals surface area contributed by atoms with Crippen molar-refractivity contribution in [1.29, 1.82) is 0 Å². The molecule has 0 unspecified atom stereocenters. The van der Waals surface area contributed by atoms with Crippen LogP contribution >= 0.6 is 18.5 Å². The SMILES string of the molecule is ClP(c1ccccc1)c1ccccc1.[Co]. The van der Waals surface area contributed by atoms with Gasteiger partial charge in [-0.25, -0.2) is 0 Å². The molecule has 79 valence electrons. The Morgan fingerprint density at radius 2 is 1.00 bits per heavy atom. The summed E-state index contributed by atoms with van der Waals surface area (Å²) in [5.74, 6) is 0. The van der Waals surface area contributed by atoms with E-state index in [1.54, 1.807) is 0 Å². The van der Waals surface area contributed by atoms with Crippen molar-refractivity contribution in [2.24, 2.45) is 0 Å². The van der Waals surface area contributed by atoms with Crippen molar-refractivity contribution >= 4 is 29.1 Å². The van der Waals surface area contributed by atoms with Crippen LogP contribution in [0.3, 0.4) is 0 Å². The Bertz CT molecular complexity index is 351. The molecule has 0 heterocycles. The zero-order chi connectivity index (χ0) is 9.80. The zero-order valence-corrected chi connectivity index (χ0v) is 10.6. The van der Waals surface area contributed by atoms with Crippen LogP contribution in [-0.2, 0) is 16.8 Å². The summed E-state index contributed by atoms with van der Waals surface area (Å²) < 4.78 is 0. The molecule has 0 aliphatic carbocycles. The largest absolute Gasteiger partial charge is 0.0859 e. The van der Waals surface area contributed by atoms with E-state index in [-0.39, 0.29) is 16.8 Å². The third kappa shape index (κ3) is 3.32. The van der Waals surface area contributed by atoms with Gasteiger partial charge in [0, 0.05) is 16.8 Å². The first-order valence-corrected chi connectivity index (χ1v) is 6.68. The van der Waals surface area contributed by atoms with E-state index >= 15 is 0 Å². The molecular weight excluding hydrogens is 269 g/mol. The van der Waals surface area contributed by atoms with Gasteiger partial charge in [-0.1, -0.05) is 71.9 Å². The van der Waals surface area contributed by atoms with Crippen LogP contribution in [0, 0.1) is 0 Å². The van der Waals surface area contributed by atoms with Crippen LogP contribution in [0.2, 0.25) is 0 Å². The quantitative estimate of drug-likeness (QED) is 0.740. The second-order valence-corrected chi connectivity index (χ2v) is 5.56. The van der Waals surface area contributed by atoms with Crippen LogP contribution in [0.1, 0.15) is 0 Å². The molecule has 0 saturated heterocycles.